The molecule has 0 unspecified atom stereocenters. The van der Waals surface area contributed by atoms with Crippen LogP contribution in [0.15, 0.2) is 53.0 Å². The predicted octanol–water partition coefficient (Wildman–Crippen LogP) is 4.16. The summed E-state index contributed by atoms with van der Waals surface area (Å²) in [7, 11) is 0. The highest BCUT2D eigenvalue weighted by atomic mass is 79.9. The Morgan fingerprint density at radius 1 is 0.935 bits per heavy atom. The molecule has 31 heavy (non-hydrogen) atoms. The third-order valence-electron chi connectivity index (χ3n) is 3.97. The van der Waals surface area contributed by atoms with Gasteiger partial charge in [0, 0.05) is 29.7 Å². The van der Waals surface area contributed by atoms with Crippen LogP contribution in [0.5, 0.6) is 0 Å². The number of rotatable bonds is 8. The van der Waals surface area contributed by atoms with Gasteiger partial charge >= 0.3 is 6.09 Å². The first kappa shape index (κ1) is 24.4. The molecule has 0 spiro atoms. The van der Waals surface area contributed by atoms with Crippen molar-refractivity contribution in [3.63, 3.8) is 0 Å². The van der Waals surface area contributed by atoms with Crippen LogP contribution in [-0.2, 0) is 27.3 Å². The summed E-state index contributed by atoms with van der Waals surface area (Å²) >= 11 is 3.40. The first-order valence-electron chi connectivity index (χ1n) is 9.97. The Balaban J connectivity index is 1.75. The zero-order valence-corrected chi connectivity index (χ0v) is 19.5. The summed E-state index contributed by atoms with van der Waals surface area (Å²) in [5.41, 5.74) is 1.85. The van der Waals surface area contributed by atoms with Gasteiger partial charge in [-0.15, -0.1) is 0 Å². The van der Waals surface area contributed by atoms with E-state index in [2.05, 4.69) is 31.9 Å². The van der Waals surface area contributed by atoms with E-state index in [0.717, 1.165) is 15.6 Å². The van der Waals surface area contributed by atoms with Gasteiger partial charge in [0.2, 0.25) is 11.8 Å². The third kappa shape index (κ3) is 10.1. The normalized spacial score (nSPS) is 10.8. The zero-order valence-electron chi connectivity index (χ0n) is 18.0. The average molecular weight is 490 g/mol. The molecule has 0 aliphatic rings. The number of nitrogens with one attached hydrogen (secondary N) is 3. The molecule has 2 rings (SSSR count). The second kappa shape index (κ2) is 11.5. The maximum atomic E-state index is 12.3. The van der Waals surface area contributed by atoms with E-state index < -0.39 is 11.7 Å². The molecular formula is C23H28BrN3O4. The molecule has 0 aromatic heterocycles. The van der Waals surface area contributed by atoms with Crippen LogP contribution in [-0.4, -0.2) is 30.1 Å². The van der Waals surface area contributed by atoms with Crippen LogP contribution in [0.2, 0.25) is 0 Å². The molecule has 0 aliphatic carbocycles. The molecule has 0 bridgehead atoms. The Bertz CT molecular complexity index is 925. The summed E-state index contributed by atoms with van der Waals surface area (Å²) in [6.45, 7) is 5.83. The number of amides is 3. The summed E-state index contributed by atoms with van der Waals surface area (Å²) < 4.78 is 6.05. The lowest BCUT2D eigenvalue weighted by Crippen LogP contribution is -2.35. The van der Waals surface area contributed by atoms with Crippen LogP contribution in [0.4, 0.5) is 10.5 Å². The molecule has 0 radical (unpaired) electrons. The lowest BCUT2D eigenvalue weighted by atomic mass is 10.1. The van der Waals surface area contributed by atoms with Crippen molar-refractivity contribution in [2.24, 2.45) is 0 Å². The minimum atomic E-state index is -0.579. The average Bonchev–Trinajstić information content (AvgIpc) is 2.65. The van der Waals surface area contributed by atoms with E-state index in [1.165, 1.54) is 0 Å². The number of alkyl carbamates (subject to hydrolysis) is 1. The Morgan fingerprint density at radius 2 is 1.65 bits per heavy atom. The minimum Gasteiger partial charge on any atom is -0.444 e. The molecule has 0 heterocycles. The van der Waals surface area contributed by atoms with Gasteiger partial charge in [0.1, 0.15) is 5.60 Å². The Hall–Kier alpha value is -2.87. The number of hydrogen-bond acceptors (Lipinski definition) is 4. The Kier molecular flexibility index (Phi) is 9.05. The van der Waals surface area contributed by atoms with Crippen LogP contribution in [0.25, 0.3) is 0 Å². The second-order valence-corrected chi connectivity index (χ2v) is 8.93. The summed E-state index contributed by atoms with van der Waals surface area (Å²) in [6.07, 6.45) is -0.139. The van der Waals surface area contributed by atoms with E-state index in [1.807, 2.05) is 42.5 Å². The van der Waals surface area contributed by atoms with Crippen LogP contribution in [0.1, 0.15) is 38.3 Å². The van der Waals surface area contributed by atoms with E-state index in [1.54, 1.807) is 26.8 Å². The van der Waals surface area contributed by atoms with Crippen molar-refractivity contribution >= 4 is 39.5 Å². The fourth-order valence-corrected chi connectivity index (χ4v) is 3.12. The van der Waals surface area contributed by atoms with Crippen LogP contribution < -0.4 is 16.0 Å². The largest absolute Gasteiger partial charge is 0.444 e. The van der Waals surface area contributed by atoms with Crippen LogP contribution >= 0.6 is 15.9 Å². The van der Waals surface area contributed by atoms with Crippen LogP contribution in [0, 0.1) is 0 Å². The summed E-state index contributed by atoms with van der Waals surface area (Å²) in [5, 5.41) is 8.22. The lowest BCUT2D eigenvalue weighted by molar-refractivity contribution is -0.121. The number of anilines is 1. The molecule has 166 valence electrons. The molecule has 3 N–H and O–H groups in total. The van der Waals surface area contributed by atoms with Gasteiger partial charge in [0.05, 0.1) is 6.42 Å². The maximum Gasteiger partial charge on any atom is 0.407 e. The number of ether oxygens (including phenoxy) is 1. The molecule has 3 amide bonds. The van der Waals surface area contributed by atoms with Gasteiger partial charge in [-0.2, -0.15) is 0 Å². The Morgan fingerprint density at radius 3 is 2.35 bits per heavy atom. The monoisotopic (exact) mass is 489 g/mol. The van der Waals surface area contributed by atoms with E-state index in [-0.39, 0.29) is 31.2 Å². The third-order valence-corrected chi connectivity index (χ3v) is 4.47. The molecule has 0 saturated carbocycles. The SMILES string of the molecule is CC(C)(C)OC(=O)NCCC(=O)NCc1cccc(NC(=O)Cc2cccc(Br)c2)c1. The molecule has 0 aliphatic heterocycles. The van der Waals surface area contributed by atoms with Crippen molar-refractivity contribution in [2.75, 3.05) is 11.9 Å². The number of hydrogen-bond donors (Lipinski definition) is 3. The van der Waals surface area contributed by atoms with Crippen molar-refractivity contribution in [3.05, 3.63) is 64.1 Å². The van der Waals surface area contributed by atoms with Crippen LogP contribution in [0.3, 0.4) is 0 Å². The standard InChI is InChI=1S/C23H28BrN3O4/c1-23(2,3)31-22(30)25-11-10-20(28)26-15-17-7-5-9-19(13-17)27-21(29)14-16-6-4-8-18(24)12-16/h4-9,12-13H,10-11,14-15H2,1-3H3,(H,25,30)(H,26,28)(H,27,29). The summed E-state index contributed by atoms with van der Waals surface area (Å²) in [4.78, 5) is 35.9. The fourth-order valence-electron chi connectivity index (χ4n) is 2.68. The lowest BCUT2D eigenvalue weighted by Gasteiger charge is -2.19. The zero-order chi connectivity index (χ0) is 22.9. The van der Waals surface area contributed by atoms with E-state index in [0.29, 0.717) is 12.2 Å². The van der Waals surface area contributed by atoms with Gasteiger partial charge in [-0.25, -0.2) is 4.79 Å². The van der Waals surface area contributed by atoms with E-state index >= 15 is 0 Å². The quantitative estimate of drug-likeness (QED) is 0.518. The van der Waals surface area contributed by atoms with Crippen molar-refractivity contribution < 1.29 is 19.1 Å². The molecule has 7 nitrogen and oxygen atoms in total. The van der Waals surface area contributed by atoms with E-state index in [4.69, 9.17) is 4.74 Å². The molecule has 2 aromatic rings. The van der Waals surface area contributed by atoms with Gasteiger partial charge in [-0.1, -0.05) is 40.2 Å². The minimum absolute atomic E-state index is 0.118. The maximum absolute atomic E-state index is 12.3. The first-order valence-corrected chi connectivity index (χ1v) is 10.8. The highest BCUT2D eigenvalue weighted by Crippen LogP contribution is 2.14. The van der Waals surface area contributed by atoms with Gasteiger partial charge in [-0.3, -0.25) is 9.59 Å². The predicted molar refractivity (Wildman–Crippen MR) is 124 cm³/mol. The van der Waals surface area contributed by atoms with Crippen molar-refractivity contribution in [1.82, 2.24) is 10.6 Å². The second-order valence-electron chi connectivity index (χ2n) is 8.01. The van der Waals surface area contributed by atoms with Gasteiger partial charge in [0.25, 0.3) is 0 Å². The smallest absolute Gasteiger partial charge is 0.407 e. The molecule has 8 heteroatoms. The summed E-state index contributed by atoms with van der Waals surface area (Å²) in [6, 6.07) is 14.9. The number of carbonyl (C=O) groups excluding carboxylic acids is 3. The number of benzene rings is 2. The summed E-state index contributed by atoms with van der Waals surface area (Å²) in [5.74, 6) is -0.312. The van der Waals surface area contributed by atoms with Crippen molar-refractivity contribution in [3.8, 4) is 0 Å². The van der Waals surface area contributed by atoms with Crippen molar-refractivity contribution in [1.29, 1.82) is 0 Å². The molecule has 2 aromatic carbocycles. The number of carbonyl (C=O) groups is 3. The van der Waals surface area contributed by atoms with Crippen molar-refractivity contribution in [2.45, 2.75) is 45.8 Å². The topological polar surface area (TPSA) is 96.5 Å². The molecule has 0 atom stereocenters. The molecule has 0 saturated heterocycles. The molecule has 0 fully saturated rings. The fraction of sp³-hybridized carbons (Fsp3) is 0.348. The van der Waals surface area contributed by atoms with Gasteiger partial charge in [-0.05, 0) is 56.2 Å². The van der Waals surface area contributed by atoms with E-state index in [9.17, 15) is 14.4 Å². The van der Waals surface area contributed by atoms with Gasteiger partial charge < -0.3 is 20.7 Å². The highest BCUT2D eigenvalue weighted by molar-refractivity contribution is 9.10. The number of halogens is 1. The highest BCUT2D eigenvalue weighted by Gasteiger charge is 2.15. The first-order chi connectivity index (χ1) is 14.6. The Labute approximate surface area is 191 Å². The van der Waals surface area contributed by atoms with Gasteiger partial charge in [0.15, 0.2) is 0 Å². The molecular weight excluding hydrogens is 462 g/mol.